The Morgan fingerprint density at radius 3 is 2.80 bits per heavy atom. The normalized spacial score (nSPS) is 14.3. The first-order valence-corrected chi connectivity index (χ1v) is 4.82. The third kappa shape index (κ3) is 1.50. The van der Waals surface area contributed by atoms with E-state index in [4.69, 9.17) is 5.11 Å². The summed E-state index contributed by atoms with van der Waals surface area (Å²) in [6.45, 7) is -0.0974. The maximum atomic E-state index is 13.4. The Morgan fingerprint density at radius 1 is 1.53 bits per heavy atom. The van der Waals surface area contributed by atoms with Crippen molar-refractivity contribution in [2.45, 2.75) is 6.54 Å². The maximum absolute atomic E-state index is 13.4. The Labute approximate surface area is 92.4 Å². The third-order valence-corrected chi connectivity index (χ3v) is 2.61. The second-order valence-corrected chi connectivity index (χ2v) is 4.01. The van der Waals surface area contributed by atoms with E-state index in [0.29, 0.717) is 14.9 Å². The van der Waals surface area contributed by atoms with Gasteiger partial charge in [-0.25, -0.2) is 14.1 Å². The minimum atomic E-state index is -1.37. The maximum Gasteiger partial charge on any atom is 0.414 e. The van der Waals surface area contributed by atoms with Gasteiger partial charge in [0, 0.05) is 4.47 Å². The van der Waals surface area contributed by atoms with Gasteiger partial charge < -0.3 is 5.11 Å². The molecular formula is C9H5BrFNO3. The lowest BCUT2D eigenvalue weighted by Gasteiger charge is -2.06. The van der Waals surface area contributed by atoms with Gasteiger partial charge in [-0.15, -0.1) is 0 Å². The Kier molecular flexibility index (Phi) is 2.22. The van der Waals surface area contributed by atoms with E-state index >= 15 is 0 Å². The average Bonchev–Trinajstić information content (AvgIpc) is 2.42. The van der Waals surface area contributed by atoms with E-state index in [9.17, 15) is 14.0 Å². The molecule has 4 nitrogen and oxygen atoms in total. The van der Waals surface area contributed by atoms with E-state index in [1.165, 1.54) is 0 Å². The number of carboxylic acid groups (broad SMARTS) is 1. The SMILES string of the molecule is O=C(O)N1Cc2cc(Br)cc(F)c2C1=O. The number of carbonyl (C=O) groups is 2. The quantitative estimate of drug-likeness (QED) is 0.789. The number of imide groups is 1. The van der Waals surface area contributed by atoms with E-state index in [-0.39, 0.29) is 12.1 Å². The van der Waals surface area contributed by atoms with Crippen LogP contribution in [0.3, 0.4) is 0 Å². The highest BCUT2D eigenvalue weighted by Gasteiger charge is 2.34. The Hall–Kier alpha value is -1.43. The molecular weight excluding hydrogens is 269 g/mol. The molecule has 0 bridgehead atoms. The second kappa shape index (κ2) is 3.30. The summed E-state index contributed by atoms with van der Waals surface area (Å²) in [5.74, 6) is -1.50. The van der Waals surface area contributed by atoms with Gasteiger partial charge in [0.15, 0.2) is 0 Å². The van der Waals surface area contributed by atoms with Crippen LogP contribution in [0.4, 0.5) is 9.18 Å². The molecule has 1 aliphatic heterocycles. The first-order chi connectivity index (χ1) is 7.00. The van der Waals surface area contributed by atoms with Gasteiger partial charge in [0.1, 0.15) is 5.82 Å². The van der Waals surface area contributed by atoms with Crippen LogP contribution >= 0.6 is 15.9 Å². The summed E-state index contributed by atoms with van der Waals surface area (Å²) in [6, 6.07) is 2.68. The topological polar surface area (TPSA) is 57.6 Å². The van der Waals surface area contributed by atoms with Crippen LogP contribution in [0.2, 0.25) is 0 Å². The largest absolute Gasteiger partial charge is 0.465 e. The third-order valence-electron chi connectivity index (χ3n) is 2.16. The number of hydrogen-bond donors (Lipinski definition) is 1. The van der Waals surface area contributed by atoms with E-state index in [2.05, 4.69) is 15.9 Å². The molecule has 0 saturated heterocycles. The van der Waals surface area contributed by atoms with Crippen molar-refractivity contribution in [2.75, 3.05) is 0 Å². The summed E-state index contributed by atoms with van der Waals surface area (Å²) in [5, 5.41) is 8.69. The number of hydrogen-bond acceptors (Lipinski definition) is 2. The van der Waals surface area contributed by atoms with Gasteiger partial charge in [-0.05, 0) is 17.7 Å². The van der Waals surface area contributed by atoms with E-state index in [0.717, 1.165) is 6.07 Å². The molecule has 1 aliphatic rings. The van der Waals surface area contributed by atoms with Crippen molar-refractivity contribution in [1.82, 2.24) is 4.90 Å². The number of halogens is 2. The molecule has 1 N–H and O–H groups in total. The van der Waals surface area contributed by atoms with Gasteiger partial charge in [-0.1, -0.05) is 15.9 Å². The monoisotopic (exact) mass is 273 g/mol. The number of carbonyl (C=O) groups excluding carboxylic acids is 1. The Balaban J connectivity index is 2.54. The first kappa shape index (κ1) is 10.1. The molecule has 0 saturated carbocycles. The first-order valence-electron chi connectivity index (χ1n) is 4.03. The van der Waals surface area contributed by atoms with Crippen LogP contribution in [0, 0.1) is 5.82 Å². The van der Waals surface area contributed by atoms with Crippen molar-refractivity contribution in [1.29, 1.82) is 0 Å². The van der Waals surface area contributed by atoms with Crippen LogP contribution in [-0.4, -0.2) is 22.0 Å². The van der Waals surface area contributed by atoms with Crippen LogP contribution in [0.25, 0.3) is 0 Å². The fraction of sp³-hybridized carbons (Fsp3) is 0.111. The van der Waals surface area contributed by atoms with Gasteiger partial charge in [0.2, 0.25) is 0 Å². The predicted octanol–water partition coefficient (Wildman–Crippen LogP) is 2.22. The van der Waals surface area contributed by atoms with Crippen LogP contribution in [0.1, 0.15) is 15.9 Å². The average molecular weight is 274 g/mol. The van der Waals surface area contributed by atoms with Crippen molar-refractivity contribution in [3.63, 3.8) is 0 Å². The molecule has 0 aliphatic carbocycles. The highest BCUT2D eigenvalue weighted by molar-refractivity contribution is 9.10. The van der Waals surface area contributed by atoms with E-state index in [1.54, 1.807) is 6.07 Å². The molecule has 0 spiro atoms. The zero-order valence-corrected chi connectivity index (χ0v) is 8.91. The molecule has 0 radical (unpaired) electrons. The fourth-order valence-corrected chi connectivity index (χ4v) is 2.00. The van der Waals surface area contributed by atoms with Crippen LogP contribution in [-0.2, 0) is 6.54 Å². The van der Waals surface area contributed by atoms with Crippen LogP contribution < -0.4 is 0 Å². The Morgan fingerprint density at radius 2 is 2.20 bits per heavy atom. The van der Waals surface area contributed by atoms with Crippen molar-refractivity contribution in [3.05, 3.63) is 33.5 Å². The number of rotatable bonds is 0. The molecule has 6 heteroatoms. The molecule has 2 rings (SSSR count). The molecule has 0 fully saturated rings. The van der Waals surface area contributed by atoms with Crippen molar-refractivity contribution in [2.24, 2.45) is 0 Å². The zero-order chi connectivity index (χ0) is 11.2. The van der Waals surface area contributed by atoms with Gasteiger partial charge >= 0.3 is 6.09 Å². The van der Waals surface area contributed by atoms with Gasteiger partial charge in [0.05, 0.1) is 12.1 Å². The standard InChI is InChI=1S/C9H5BrFNO3/c10-5-1-4-3-12(9(14)15)8(13)7(4)6(11)2-5/h1-2H,3H2,(H,14,15). The lowest BCUT2D eigenvalue weighted by molar-refractivity contribution is 0.0761. The van der Waals surface area contributed by atoms with Crippen molar-refractivity contribution < 1.29 is 19.1 Å². The highest BCUT2D eigenvalue weighted by Crippen LogP contribution is 2.28. The van der Waals surface area contributed by atoms with Gasteiger partial charge in [0.25, 0.3) is 5.91 Å². The molecule has 1 aromatic carbocycles. The summed E-state index contributed by atoms with van der Waals surface area (Å²) < 4.78 is 13.9. The van der Waals surface area contributed by atoms with Crippen LogP contribution in [0.5, 0.6) is 0 Å². The minimum absolute atomic E-state index is 0.0974. The number of nitrogens with zero attached hydrogens (tertiary/aromatic N) is 1. The molecule has 15 heavy (non-hydrogen) atoms. The summed E-state index contributed by atoms with van der Waals surface area (Å²) in [5.41, 5.74) is 0.231. The van der Waals surface area contributed by atoms with Crippen LogP contribution in [0.15, 0.2) is 16.6 Å². The predicted molar refractivity (Wildman–Crippen MR) is 52.0 cm³/mol. The molecule has 78 valence electrons. The lowest BCUT2D eigenvalue weighted by Crippen LogP contribution is -2.29. The summed E-state index contributed by atoms with van der Waals surface area (Å²) in [4.78, 5) is 22.7. The highest BCUT2D eigenvalue weighted by atomic mass is 79.9. The smallest absolute Gasteiger partial charge is 0.414 e. The number of benzene rings is 1. The van der Waals surface area contributed by atoms with Gasteiger partial charge in [-0.2, -0.15) is 0 Å². The molecule has 2 amide bonds. The minimum Gasteiger partial charge on any atom is -0.465 e. The molecule has 0 atom stereocenters. The lowest BCUT2D eigenvalue weighted by atomic mass is 10.1. The summed E-state index contributed by atoms with van der Waals surface area (Å²) in [6.07, 6.45) is -1.37. The van der Waals surface area contributed by atoms with Gasteiger partial charge in [-0.3, -0.25) is 4.79 Å². The number of fused-ring (bicyclic) bond motifs is 1. The van der Waals surface area contributed by atoms with Crippen molar-refractivity contribution >= 4 is 27.9 Å². The molecule has 1 aromatic rings. The summed E-state index contributed by atoms with van der Waals surface area (Å²) in [7, 11) is 0. The van der Waals surface area contributed by atoms with Crippen molar-refractivity contribution in [3.8, 4) is 0 Å². The van der Waals surface area contributed by atoms with E-state index < -0.39 is 17.8 Å². The van der Waals surface area contributed by atoms with E-state index in [1.807, 2.05) is 0 Å². The molecule has 0 aromatic heterocycles. The number of amides is 2. The molecule has 1 heterocycles. The zero-order valence-electron chi connectivity index (χ0n) is 7.33. The summed E-state index contributed by atoms with van der Waals surface area (Å²) >= 11 is 3.08. The second-order valence-electron chi connectivity index (χ2n) is 3.10. The Bertz CT molecular complexity index is 475. The fourth-order valence-electron chi connectivity index (χ4n) is 1.52. The molecule has 0 unspecified atom stereocenters.